The molecule has 3 aliphatic rings. The Hall–Kier alpha value is -1.62. The fourth-order valence-electron chi connectivity index (χ4n) is 4.22. The van der Waals surface area contributed by atoms with E-state index in [1.165, 1.54) is 31.5 Å². The van der Waals surface area contributed by atoms with Gasteiger partial charge < -0.3 is 10.6 Å². The third-order valence-electron chi connectivity index (χ3n) is 5.09. The van der Waals surface area contributed by atoms with Crippen molar-refractivity contribution in [3.63, 3.8) is 0 Å². The van der Waals surface area contributed by atoms with E-state index in [-0.39, 0.29) is 11.4 Å². The molecule has 1 spiro atoms. The van der Waals surface area contributed by atoms with Crippen molar-refractivity contribution in [2.24, 2.45) is 10.7 Å². The topological polar surface area (TPSA) is 44.9 Å². The smallest absolute Gasteiger partial charge is 0.196 e. The first-order chi connectivity index (χ1) is 9.71. The predicted molar refractivity (Wildman–Crippen MR) is 77.3 cm³/mol. The maximum atomic E-state index is 13.2. The van der Waals surface area contributed by atoms with E-state index in [1.54, 1.807) is 0 Å². The Bertz CT molecular complexity index is 555. The molecule has 1 aromatic carbocycles. The van der Waals surface area contributed by atoms with Crippen molar-refractivity contribution in [1.29, 1.82) is 0 Å². The lowest BCUT2D eigenvalue weighted by Crippen LogP contribution is -2.57. The Morgan fingerprint density at radius 3 is 2.85 bits per heavy atom. The van der Waals surface area contributed by atoms with Crippen LogP contribution in [0.3, 0.4) is 0 Å². The first kappa shape index (κ1) is 12.1. The minimum Gasteiger partial charge on any atom is -0.369 e. The minimum absolute atomic E-state index is 0.0155. The second-order valence-electron chi connectivity index (χ2n) is 6.03. The SMILES string of the molecule is NC1=NCC2(CCN3CCCC32)N1c1ccc(F)cc1. The average Bonchev–Trinajstić information content (AvgIpc) is 3.10. The van der Waals surface area contributed by atoms with Crippen LogP contribution in [0, 0.1) is 5.82 Å². The van der Waals surface area contributed by atoms with Crippen LogP contribution >= 0.6 is 0 Å². The van der Waals surface area contributed by atoms with Crippen LogP contribution in [0.5, 0.6) is 0 Å². The summed E-state index contributed by atoms with van der Waals surface area (Å²) in [5.74, 6) is 0.358. The van der Waals surface area contributed by atoms with Crippen LogP contribution < -0.4 is 10.6 Å². The molecular formula is C15H19FN4. The van der Waals surface area contributed by atoms with Crippen molar-refractivity contribution in [1.82, 2.24) is 4.90 Å². The molecule has 0 amide bonds. The average molecular weight is 274 g/mol. The highest BCUT2D eigenvalue weighted by atomic mass is 19.1. The molecule has 1 aromatic rings. The van der Waals surface area contributed by atoms with E-state index in [9.17, 15) is 4.39 Å². The highest BCUT2D eigenvalue weighted by Crippen LogP contribution is 2.44. The normalized spacial score (nSPS) is 33.0. The van der Waals surface area contributed by atoms with Gasteiger partial charge in [-0.25, -0.2) is 4.39 Å². The molecule has 3 aliphatic heterocycles. The van der Waals surface area contributed by atoms with Crippen LogP contribution in [0.2, 0.25) is 0 Å². The van der Waals surface area contributed by atoms with Crippen LogP contribution in [0.4, 0.5) is 10.1 Å². The molecule has 0 bridgehead atoms. The van der Waals surface area contributed by atoms with Crippen molar-refractivity contribution >= 4 is 11.6 Å². The molecule has 2 fully saturated rings. The summed E-state index contributed by atoms with van der Waals surface area (Å²) in [6.45, 7) is 3.06. The first-order valence-electron chi connectivity index (χ1n) is 7.30. The minimum atomic E-state index is -0.216. The fraction of sp³-hybridized carbons (Fsp3) is 0.533. The molecule has 2 saturated heterocycles. The molecule has 106 valence electrons. The third-order valence-corrected chi connectivity index (χ3v) is 5.09. The molecule has 3 heterocycles. The second-order valence-corrected chi connectivity index (χ2v) is 6.03. The molecule has 2 unspecified atom stereocenters. The molecule has 2 N–H and O–H groups in total. The zero-order chi connectivity index (χ0) is 13.7. The quantitative estimate of drug-likeness (QED) is 0.845. The van der Waals surface area contributed by atoms with Gasteiger partial charge in [0, 0.05) is 18.3 Å². The number of fused-ring (bicyclic) bond motifs is 2. The van der Waals surface area contributed by atoms with Gasteiger partial charge in [0.1, 0.15) is 5.82 Å². The highest BCUT2D eigenvalue weighted by Gasteiger charge is 2.55. The molecule has 2 atom stereocenters. The highest BCUT2D eigenvalue weighted by molar-refractivity contribution is 5.98. The van der Waals surface area contributed by atoms with Crippen molar-refractivity contribution in [2.75, 3.05) is 24.5 Å². The Morgan fingerprint density at radius 2 is 2.05 bits per heavy atom. The van der Waals surface area contributed by atoms with E-state index in [2.05, 4.69) is 14.8 Å². The number of benzene rings is 1. The number of nitrogens with two attached hydrogens (primary N) is 1. The van der Waals surface area contributed by atoms with Gasteiger partial charge in [0.25, 0.3) is 0 Å². The van der Waals surface area contributed by atoms with Crippen LogP contribution in [0.15, 0.2) is 29.3 Å². The third kappa shape index (κ3) is 1.53. The molecular weight excluding hydrogens is 255 g/mol. The first-order valence-corrected chi connectivity index (χ1v) is 7.30. The Kier molecular flexibility index (Phi) is 2.54. The van der Waals surface area contributed by atoms with Gasteiger partial charge in [-0.2, -0.15) is 0 Å². The zero-order valence-corrected chi connectivity index (χ0v) is 11.4. The monoisotopic (exact) mass is 274 g/mol. The number of guanidine groups is 1. The standard InChI is InChI=1S/C15H19FN4/c16-11-3-5-12(6-4-11)20-14(17)18-10-15(20)7-9-19-8-1-2-13(15)19/h3-6,13H,1-2,7-10H2,(H2,17,18). The van der Waals surface area contributed by atoms with Gasteiger partial charge in [-0.1, -0.05) is 0 Å². The number of halogens is 1. The molecule has 20 heavy (non-hydrogen) atoms. The largest absolute Gasteiger partial charge is 0.369 e. The molecule has 0 aromatic heterocycles. The molecule has 0 aliphatic carbocycles. The van der Waals surface area contributed by atoms with Gasteiger partial charge in [-0.05, 0) is 50.1 Å². The number of rotatable bonds is 1. The predicted octanol–water partition coefficient (Wildman–Crippen LogP) is 1.57. The number of nitrogens with zero attached hydrogens (tertiary/aromatic N) is 3. The van der Waals surface area contributed by atoms with E-state index in [4.69, 9.17) is 5.73 Å². The van der Waals surface area contributed by atoms with Crippen molar-refractivity contribution < 1.29 is 4.39 Å². The Labute approximate surface area is 118 Å². The summed E-state index contributed by atoms with van der Waals surface area (Å²) in [5.41, 5.74) is 7.09. The molecule has 5 heteroatoms. The summed E-state index contributed by atoms with van der Waals surface area (Å²) >= 11 is 0. The van der Waals surface area contributed by atoms with E-state index in [1.807, 2.05) is 12.1 Å². The van der Waals surface area contributed by atoms with E-state index in [0.717, 1.165) is 25.2 Å². The van der Waals surface area contributed by atoms with Gasteiger partial charge in [0.05, 0.1) is 12.1 Å². The van der Waals surface area contributed by atoms with Crippen LogP contribution in [0.1, 0.15) is 19.3 Å². The van der Waals surface area contributed by atoms with Gasteiger partial charge in [0.2, 0.25) is 0 Å². The lowest BCUT2D eigenvalue weighted by atomic mass is 9.87. The number of hydrogen-bond donors (Lipinski definition) is 1. The second kappa shape index (κ2) is 4.19. The maximum Gasteiger partial charge on any atom is 0.196 e. The molecule has 0 saturated carbocycles. The number of hydrogen-bond acceptors (Lipinski definition) is 4. The Morgan fingerprint density at radius 1 is 1.25 bits per heavy atom. The molecule has 4 rings (SSSR count). The molecule has 0 radical (unpaired) electrons. The van der Waals surface area contributed by atoms with E-state index >= 15 is 0 Å². The van der Waals surface area contributed by atoms with E-state index in [0.29, 0.717) is 12.0 Å². The van der Waals surface area contributed by atoms with Gasteiger partial charge in [-0.15, -0.1) is 0 Å². The Balaban J connectivity index is 1.75. The zero-order valence-electron chi connectivity index (χ0n) is 11.4. The van der Waals surface area contributed by atoms with Gasteiger partial charge >= 0.3 is 0 Å². The summed E-state index contributed by atoms with van der Waals surface area (Å²) in [5, 5.41) is 0. The van der Waals surface area contributed by atoms with Crippen LogP contribution in [-0.2, 0) is 0 Å². The summed E-state index contributed by atoms with van der Waals surface area (Å²) in [6.07, 6.45) is 3.54. The van der Waals surface area contributed by atoms with Crippen molar-refractivity contribution in [2.45, 2.75) is 30.8 Å². The van der Waals surface area contributed by atoms with Crippen molar-refractivity contribution in [3.05, 3.63) is 30.1 Å². The number of aliphatic imine (C=N–C) groups is 1. The van der Waals surface area contributed by atoms with Crippen LogP contribution in [-0.4, -0.2) is 42.1 Å². The summed E-state index contributed by atoms with van der Waals surface area (Å²) < 4.78 is 13.2. The lowest BCUT2D eigenvalue weighted by molar-refractivity contribution is 0.274. The fourth-order valence-corrected chi connectivity index (χ4v) is 4.22. The summed E-state index contributed by atoms with van der Waals surface area (Å²) in [6, 6.07) is 7.13. The number of anilines is 1. The maximum absolute atomic E-state index is 13.2. The van der Waals surface area contributed by atoms with Gasteiger partial charge in [0.15, 0.2) is 5.96 Å². The van der Waals surface area contributed by atoms with Gasteiger partial charge in [-0.3, -0.25) is 9.89 Å². The van der Waals surface area contributed by atoms with Crippen molar-refractivity contribution in [3.8, 4) is 0 Å². The van der Waals surface area contributed by atoms with Crippen LogP contribution in [0.25, 0.3) is 0 Å². The summed E-state index contributed by atoms with van der Waals surface area (Å²) in [7, 11) is 0. The summed E-state index contributed by atoms with van der Waals surface area (Å²) in [4.78, 5) is 9.23. The molecule has 4 nitrogen and oxygen atoms in total. The van der Waals surface area contributed by atoms with E-state index < -0.39 is 0 Å². The lowest BCUT2D eigenvalue weighted by Gasteiger charge is -2.40.